The van der Waals surface area contributed by atoms with Crippen molar-refractivity contribution in [2.24, 2.45) is 0 Å². The minimum absolute atomic E-state index is 0.0772. The zero-order valence-electron chi connectivity index (χ0n) is 10.8. The molecule has 1 rings (SSSR count). The third-order valence-electron chi connectivity index (χ3n) is 2.78. The van der Waals surface area contributed by atoms with Crippen LogP contribution in [-0.4, -0.2) is 26.5 Å². The molecule has 0 bridgehead atoms. The van der Waals surface area contributed by atoms with Crippen LogP contribution in [-0.2, 0) is 9.84 Å². The van der Waals surface area contributed by atoms with E-state index in [0.717, 1.165) is 18.7 Å². The lowest BCUT2D eigenvalue weighted by Crippen LogP contribution is -2.21. The van der Waals surface area contributed by atoms with Crippen molar-refractivity contribution >= 4 is 25.8 Å². The van der Waals surface area contributed by atoms with E-state index < -0.39 is 9.84 Å². The molecule has 0 saturated carbocycles. The smallest absolute Gasteiger partial charge is 0.169 e. The molecule has 0 radical (unpaired) electrons. The molecule has 1 heterocycles. The summed E-state index contributed by atoms with van der Waals surface area (Å²) >= 11 is 3.27. The molecule has 1 atom stereocenters. The van der Waals surface area contributed by atoms with Crippen LogP contribution in [0.25, 0.3) is 0 Å². The lowest BCUT2D eigenvalue weighted by atomic mass is 10.1. The van der Waals surface area contributed by atoms with Crippen LogP contribution in [0.15, 0.2) is 21.2 Å². The molecule has 0 fully saturated rings. The predicted octanol–water partition coefficient (Wildman–Crippen LogP) is 2.91. The van der Waals surface area contributed by atoms with Crippen LogP contribution in [0.3, 0.4) is 0 Å². The highest BCUT2D eigenvalue weighted by atomic mass is 79.9. The first kappa shape index (κ1) is 15.7. The summed E-state index contributed by atoms with van der Waals surface area (Å²) in [6.45, 7) is 4.53. The molecular formula is C12H20BrNO3S. The van der Waals surface area contributed by atoms with E-state index in [1.165, 1.54) is 0 Å². The molecular weight excluding hydrogens is 318 g/mol. The maximum Gasteiger partial charge on any atom is 0.169 e. The number of furan rings is 1. The molecule has 1 aromatic heterocycles. The highest BCUT2D eigenvalue weighted by molar-refractivity contribution is 9.10. The van der Waals surface area contributed by atoms with Gasteiger partial charge in [0.1, 0.15) is 15.6 Å². The van der Waals surface area contributed by atoms with Gasteiger partial charge in [-0.05, 0) is 47.4 Å². The Morgan fingerprint density at radius 2 is 2.11 bits per heavy atom. The number of nitrogens with one attached hydrogen (secondary N) is 1. The molecule has 18 heavy (non-hydrogen) atoms. The summed E-state index contributed by atoms with van der Waals surface area (Å²) in [4.78, 5) is 0. The van der Waals surface area contributed by atoms with Gasteiger partial charge in [-0.3, -0.25) is 0 Å². The van der Waals surface area contributed by atoms with Crippen LogP contribution in [0, 0.1) is 0 Å². The molecule has 0 aliphatic heterocycles. The van der Waals surface area contributed by atoms with Gasteiger partial charge in [-0.2, -0.15) is 0 Å². The van der Waals surface area contributed by atoms with Crippen LogP contribution in [0.1, 0.15) is 38.5 Å². The maximum atomic E-state index is 11.4. The zero-order chi connectivity index (χ0) is 13.6. The Morgan fingerprint density at radius 1 is 1.39 bits per heavy atom. The van der Waals surface area contributed by atoms with Crippen LogP contribution in [0.4, 0.5) is 0 Å². The quantitative estimate of drug-likeness (QED) is 0.792. The van der Waals surface area contributed by atoms with Crippen LogP contribution < -0.4 is 5.32 Å². The fourth-order valence-electron chi connectivity index (χ4n) is 1.76. The normalized spacial score (nSPS) is 13.7. The highest BCUT2D eigenvalue weighted by Crippen LogP contribution is 2.24. The second kappa shape index (κ2) is 7.31. The van der Waals surface area contributed by atoms with Gasteiger partial charge in [0.05, 0.1) is 11.8 Å². The Kier molecular flexibility index (Phi) is 6.38. The lowest BCUT2D eigenvalue weighted by molar-refractivity contribution is 0.389. The lowest BCUT2D eigenvalue weighted by Gasteiger charge is -2.15. The van der Waals surface area contributed by atoms with Crippen molar-refractivity contribution in [2.75, 3.05) is 18.1 Å². The Balaban J connectivity index is 2.54. The van der Waals surface area contributed by atoms with Crippen LogP contribution in [0.2, 0.25) is 0 Å². The first-order valence-electron chi connectivity index (χ1n) is 6.17. The number of rotatable bonds is 8. The number of hydrogen-bond acceptors (Lipinski definition) is 4. The molecule has 1 unspecified atom stereocenters. The minimum Gasteiger partial charge on any atom is -0.453 e. The number of halogens is 1. The van der Waals surface area contributed by atoms with Gasteiger partial charge in [-0.25, -0.2) is 8.42 Å². The van der Waals surface area contributed by atoms with Gasteiger partial charge < -0.3 is 9.73 Å². The van der Waals surface area contributed by atoms with Crippen molar-refractivity contribution < 1.29 is 12.8 Å². The second-order valence-electron chi connectivity index (χ2n) is 4.13. The van der Waals surface area contributed by atoms with E-state index in [0.29, 0.717) is 11.1 Å². The van der Waals surface area contributed by atoms with Crippen molar-refractivity contribution in [1.29, 1.82) is 0 Å². The van der Waals surface area contributed by atoms with Gasteiger partial charge in [-0.1, -0.05) is 13.8 Å². The third-order valence-corrected chi connectivity index (χ3v) is 4.99. The van der Waals surface area contributed by atoms with E-state index in [9.17, 15) is 8.42 Å². The fourth-order valence-corrected chi connectivity index (χ4v) is 2.97. The minimum atomic E-state index is -2.87. The van der Waals surface area contributed by atoms with Gasteiger partial charge in [0, 0.05) is 5.75 Å². The summed E-state index contributed by atoms with van der Waals surface area (Å²) in [5.41, 5.74) is 0. The molecule has 6 heteroatoms. The van der Waals surface area contributed by atoms with Gasteiger partial charge >= 0.3 is 0 Å². The fraction of sp³-hybridized carbons (Fsp3) is 0.667. The van der Waals surface area contributed by atoms with Crippen molar-refractivity contribution in [3.63, 3.8) is 0 Å². The molecule has 0 amide bonds. The summed E-state index contributed by atoms with van der Waals surface area (Å²) in [6, 6.07) is 3.84. The van der Waals surface area contributed by atoms with Gasteiger partial charge in [0.25, 0.3) is 0 Å². The van der Waals surface area contributed by atoms with Crippen molar-refractivity contribution in [3.05, 3.63) is 22.6 Å². The molecule has 104 valence electrons. The van der Waals surface area contributed by atoms with E-state index in [2.05, 4.69) is 21.2 Å². The zero-order valence-corrected chi connectivity index (χ0v) is 13.2. The summed E-state index contributed by atoms with van der Waals surface area (Å²) in [6.07, 6.45) is 1.40. The molecule has 0 aliphatic rings. The van der Waals surface area contributed by atoms with Crippen LogP contribution >= 0.6 is 15.9 Å². The summed E-state index contributed by atoms with van der Waals surface area (Å²) in [7, 11) is -2.87. The number of sulfone groups is 1. The highest BCUT2D eigenvalue weighted by Gasteiger charge is 2.16. The Morgan fingerprint density at radius 3 is 2.61 bits per heavy atom. The summed E-state index contributed by atoms with van der Waals surface area (Å²) in [5.74, 6) is 1.30. The average molecular weight is 338 g/mol. The second-order valence-corrected chi connectivity index (χ2v) is 7.39. The van der Waals surface area contributed by atoms with Crippen LogP contribution in [0.5, 0.6) is 0 Å². The maximum absolute atomic E-state index is 11.4. The molecule has 1 N–H and O–H groups in total. The third kappa shape index (κ3) is 5.12. The monoisotopic (exact) mass is 337 g/mol. The van der Waals surface area contributed by atoms with Crippen molar-refractivity contribution in [1.82, 2.24) is 5.32 Å². The Labute approximate surface area is 117 Å². The molecule has 1 aromatic rings. The van der Waals surface area contributed by atoms with Crippen molar-refractivity contribution in [3.8, 4) is 0 Å². The Hall–Kier alpha value is -0.330. The first-order chi connectivity index (χ1) is 8.48. The Bertz CT molecular complexity index is 456. The van der Waals surface area contributed by atoms with Gasteiger partial charge in [-0.15, -0.1) is 0 Å². The largest absolute Gasteiger partial charge is 0.453 e. The van der Waals surface area contributed by atoms with Gasteiger partial charge in [0.2, 0.25) is 0 Å². The van der Waals surface area contributed by atoms with E-state index in [4.69, 9.17) is 4.42 Å². The van der Waals surface area contributed by atoms with Crippen molar-refractivity contribution in [2.45, 2.75) is 32.7 Å². The summed E-state index contributed by atoms with van der Waals surface area (Å²) < 4.78 is 29.1. The van der Waals surface area contributed by atoms with E-state index in [1.807, 2.05) is 19.1 Å². The standard InChI is InChI=1S/C12H20BrNO3S/c1-3-14-10(11-7-8-12(13)17-11)6-5-9-18(15,16)4-2/h7-8,10,14H,3-6,9H2,1-2H3. The van der Waals surface area contributed by atoms with Gasteiger partial charge in [0.15, 0.2) is 4.67 Å². The molecule has 0 aliphatic carbocycles. The first-order valence-corrected chi connectivity index (χ1v) is 8.79. The molecule has 0 saturated heterocycles. The SMILES string of the molecule is CCNC(CCCS(=O)(=O)CC)c1ccc(Br)o1. The molecule has 4 nitrogen and oxygen atoms in total. The van der Waals surface area contributed by atoms with E-state index >= 15 is 0 Å². The van der Waals surface area contributed by atoms with E-state index in [-0.39, 0.29) is 17.5 Å². The molecule has 0 spiro atoms. The summed E-state index contributed by atoms with van der Waals surface area (Å²) in [5, 5.41) is 3.31. The predicted molar refractivity (Wildman–Crippen MR) is 76.4 cm³/mol. The molecule has 0 aromatic carbocycles. The topological polar surface area (TPSA) is 59.3 Å². The average Bonchev–Trinajstić information content (AvgIpc) is 2.74. The van der Waals surface area contributed by atoms with E-state index in [1.54, 1.807) is 6.92 Å². The number of hydrogen-bond donors (Lipinski definition) is 1.